The van der Waals surface area contributed by atoms with Crippen molar-refractivity contribution in [1.82, 2.24) is 15.0 Å². The summed E-state index contributed by atoms with van der Waals surface area (Å²) in [6.45, 7) is 1.42. The zero-order chi connectivity index (χ0) is 22.9. The number of ether oxygens (including phenoxy) is 1. The molecule has 0 aliphatic heterocycles. The number of hydrogen-bond acceptors (Lipinski definition) is 4. The van der Waals surface area contributed by atoms with Crippen LogP contribution >= 0.6 is 0 Å². The van der Waals surface area contributed by atoms with E-state index in [1.165, 1.54) is 13.0 Å². The number of carbonyl (C=O) groups is 1. The maximum absolute atomic E-state index is 13.1. The number of carbonyl (C=O) groups excluding carboxylic acids is 1. The van der Waals surface area contributed by atoms with Crippen molar-refractivity contribution < 1.29 is 27.9 Å². The molecular weight excluding hydrogens is 423 g/mol. The molecule has 9 heteroatoms. The van der Waals surface area contributed by atoms with Crippen LogP contribution in [0.4, 0.5) is 13.2 Å². The Bertz CT molecular complexity index is 1280. The minimum absolute atomic E-state index is 0.00363. The third-order valence-corrected chi connectivity index (χ3v) is 5.04. The second kappa shape index (κ2) is 8.35. The van der Waals surface area contributed by atoms with E-state index in [1.807, 2.05) is 0 Å². The number of hydrogen-bond donors (Lipinski definition) is 2. The van der Waals surface area contributed by atoms with Gasteiger partial charge in [0.05, 0.1) is 16.6 Å². The number of nitrogens with one attached hydrogen (secondary N) is 1. The first-order chi connectivity index (χ1) is 15.3. The molecule has 0 spiro atoms. The van der Waals surface area contributed by atoms with Gasteiger partial charge in [0.1, 0.15) is 18.7 Å². The molecular formula is C23H18F3N3O3. The van der Waals surface area contributed by atoms with Crippen molar-refractivity contribution in [3.05, 3.63) is 89.2 Å². The van der Waals surface area contributed by atoms with E-state index in [9.17, 15) is 18.0 Å². The summed E-state index contributed by atoms with van der Waals surface area (Å²) in [6.07, 6.45) is -2.81. The summed E-state index contributed by atoms with van der Waals surface area (Å²) >= 11 is 0. The van der Waals surface area contributed by atoms with Gasteiger partial charge in [0, 0.05) is 11.3 Å². The van der Waals surface area contributed by atoms with Gasteiger partial charge in [0.25, 0.3) is 5.91 Å². The fourth-order valence-electron chi connectivity index (χ4n) is 3.35. The molecule has 0 bridgehead atoms. The van der Waals surface area contributed by atoms with Crippen molar-refractivity contribution in [3.8, 4) is 11.4 Å². The Kier molecular flexibility index (Phi) is 5.58. The lowest BCUT2D eigenvalue weighted by Crippen LogP contribution is -2.18. The summed E-state index contributed by atoms with van der Waals surface area (Å²) in [5.41, 5.74) is 3.87. The number of aryl methyl sites for hydroxylation is 1. The Morgan fingerprint density at radius 1 is 1.09 bits per heavy atom. The Labute approximate surface area is 180 Å². The molecule has 164 valence electrons. The van der Waals surface area contributed by atoms with E-state index >= 15 is 0 Å². The zero-order valence-electron chi connectivity index (χ0n) is 16.8. The molecule has 1 aromatic heterocycles. The number of nitrogens with zero attached hydrogens (tertiary/aromatic N) is 2. The number of imidazole rings is 1. The molecule has 0 aliphatic carbocycles. The minimum Gasteiger partial charge on any atom is -0.489 e. The Morgan fingerprint density at radius 3 is 2.53 bits per heavy atom. The van der Waals surface area contributed by atoms with Crippen LogP contribution in [0.15, 0.2) is 67.0 Å². The average molecular weight is 441 g/mol. The van der Waals surface area contributed by atoms with E-state index in [4.69, 9.17) is 9.94 Å². The summed E-state index contributed by atoms with van der Waals surface area (Å²) in [4.78, 5) is 16.0. The smallest absolute Gasteiger partial charge is 0.416 e. The summed E-state index contributed by atoms with van der Waals surface area (Å²) < 4.78 is 46.7. The van der Waals surface area contributed by atoms with E-state index in [2.05, 4.69) is 4.98 Å². The van der Waals surface area contributed by atoms with Gasteiger partial charge in [-0.1, -0.05) is 12.1 Å². The van der Waals surface area contributed by atoms with Crippen LogP contribution in [0.1, 0.15) is 27.0 Å². The summed E-state index contributed by atoms with van der Waals surface area (Å²) in [5, 5.41) is 8.84. The van der Waals surface area contributed by atoms with Gasteiger partial charge in [-0.25, -0.2) is 10.5 Å². The highest BCUT2D eigenvalue weighted by atomic mass is 19.4. The molecule has 0 aliphatic rings. The molecule has 0 radical (unpaired) electrons. The van der Waals surface area contributed by atoms with Gasteiger partial charge in [-0.3, -0.25) is 14.6 Å². The van der Waals surface area contributed by atoms with E-state index < -0.39 is 17.6 Å². The number of halogens is 3. The summed E-state index contributed by atoms with van der Waals surface area (Å²) in [5.74, 6) is -0.138. The van der Waals surface area contributed by atoms with Crippen LogP contribution in [0.25, 0.3) is 16.7 Å². The van der Waals surface area contributed by atoms with E-state index in [0.29, 0.717) is 22.3 Å². The molecule has 1 amide bonds. The largest absolute Gasteiger partial charge is 0.489 e. The van der Waals surface area contributed by atoms with Gasteiger partial charge in [0.15, 0.2) is 0 Å². The Balaban J connectivity index is 1.52. The van der Waals surface area contributed by atoms with E-state index in [1.54, 1.807) is 64.9 Å². The Hall–Kier alpha value is -3.85. The number of fused-ring (bicyclic) bond motifs is 1. The minimum atomic E-state index is -4.41. The lowest BCUT2D eigenvalue weighted by molar-refractivity contribution is -0.138. The number of aromatic nitrogens is 2. The van der Waals surface area contributed by atoms with Crippen LogP contribution in [-0.2, 0) is 12.8 Å². The SMILES string of the molecule is Cc1ccc(COc2ccc(-n3cnc4ccc(C(=O)NO)cc43)cc2)cc1C(F)(F)F. The van der Waals surface area contributed by atoms with Crippen LogP contribution in [0.5, 0.6) is 5.75 Å². The van der Waals surface area contributed by atoms with Crippen molar-refractivity contribution in [1.29, 1.82) is 0 Å². The number of hydroxylamine groups is 1. The molecule has 0 unspecified atom stereocenters. The number of alkyl halides is 3. The standard InChI is InChI=1S/C23H18F3N3O3/c1-14-2-3-15(10-19(14)23(24,25)26)12-32-18-7-5-17(6-8-18)29-13-27-20-9-4-16(11-21(20)29)22(30)28-31/h2-11,13,31H,12H2,1H3,(H,28,30). The topological polar surface area (TPSA) is 76.4 Å². The summed E-state index contributed by atoms with van der Waals surface area (Å²) in [7, 11) is 0. The number of benzene rings is 3. The summed E-state index contributed by atoms with van der Waals surface area (Å²) in [6, 6.07) is 15.9. The predicted molar refractivity (Wildman–Crippen MR) is 111 cm³/mol. The van der Waals surface area contributed by atoms with Crippen molar-refractivity contribution in [3.63, 3.8) is 0 Å². The van der Waals surface area contributed by atoms with Gasteiger partial charge in [-0.2, -0.15) is 13.2 Å². The third-order valence-electron chi connectivity index (χ3n) is 5.04. The van der Waals surface area contributed by atoms with Crippen LogP contribution in [0.2, 0.25) is 0 Å². The Morgan fingerprint density at radius 2 is 1.84 bits per heavy atom. The maximum Gasteiger partial charge on any atom is 0.416 e. The van der Waals surface area contributed by atoms with Crippen molar-refractivity contribution >= 4 is 16.9 Å². The molecule has 0 fully saturated rings. The van der Waals surface area contributed by atoms with Gasteiger partial charge < -0.3 is 4.74 Å². The van der Waals surface area contributed by atoms with Gasteiger partial charge in [-0.05, 0) is 66.6 Å². The molecule has 3 aromatic carbocycles. The molecule has 6 nitrogen and oxygen atoms in total. The lowest BCUT2D eigenvalue weighted by atomic mass is 10.1. The monoisotopic (exact) mass is 441 g/mol. The lowest BCUT2D eigenvalue weighted by Gasteiger charge is -2.13. The second-order valence-corrected chi connectivity index (χ2v) is 7.19. The van der Waals surface area contributed by atoms with Crippen molar-refractivity contribution in [2.24, 2.45) is 0 Å². The first-order valence-corrected chi connectivity index (χ1v) is 9.58. The average Bonchev–Trinajstić information content (AvgIpc) is 3.21. The quantitative estimate of drug-likeness (QED) is 0.336. The molecule has 0 atom stereocenters. The second-order valence-electron chi connectivity index (χ2n) is 7.19. The third kappa shape index (κ3) is 4.28. The fourth-order valence-corrected chi connectivity index (χ4v) is 3.35. The van der Waals surface area contributed by atoms with Crippen LogP contribution in [-0.4, -0.2) is 20.7 Å². The van der Waals surface area contributed by atoms with Gasteiger partial charge >= 0.3 is 6.18 Å². The number of amides is 1. The van der Waals surface area contributed by atoms with Gasteiger partial charge in [-0.15, -0.1) is 0 Å². The molecule has 0 saturated heterocycles. The van der Waals surface area contributed by atoms with Crippen LogP contribution in [0.3, 0.4) is 0 Å². The van der Waals surface area contributed by atoms with E-state index in [0.717, 1.165) is 11.8 Å². The number of rotatable bonds is 5. The maximum atomic E-state index is 13.1. The molecule has 4 rings (SSSR count). The molecule has 1 heterocycles. The molecule has 32 heavy (non-hydrogen) atoms. The highest BCUT2D eigenvalue weighted by Gasteiger charge is 2.32. The molecule has 0 saturated carbocycles. The van der Waals surface area contributed by atoms with Crippen LogP contribution < -0.4 is 10.2 Å². The molecule has 4 aromatic rings. The van der Waals surface area contributed by atoms with Crippen LogP contribution in [0, 0.1) is 6.92 Å². The van der Waals surface area contributed by atoms with Crippen molar-refractivity contribution in [2.45, 2.75) is 19.7 Å². The van der Waals surface area contributed by atoms with Gasteiger partial charge in [0.2, 0.25) is 0 Å². The normalized spacial score (nSPS) is 11.5. The van der Waals surface area contributed by atoms with Crippen molar-refractivity contribution in [2.75, 3.05) is 0 Å². The fraction of sp³-hybridized carbons (Fsp3) is 0.130. The predicted octanol–water partition coefficient (Wildman–Crippen LogP) is 5.05. The highest BCUT2D eigenvalue weighted by molar-refractivity contribution is 5.96. The van der Waals surface area contributed by atoms with E-state index in [-0.39, 0.29) is 17.7 Å². The first-order valence-electron chi connectivity index (χ1n) is 9.58. The highest BCUT2D eigenvalue weighted by Crippen LogP contribution is 2.32. The zero-order valence-corrected chi connectivity index (χ0v) is 16.8. The first kappa shape index (κ1) is 21.4. The molecule has 2 N–H and O–H groups in total.